The molecule has 0 aromatic rings. The summed E-state index contributed by atoms with van der Waals surface area (Å²) < 4.78 is 5.33. The van der Waals surface area contributed by atoms with Crippen LogP contribution in [-0.4, -0.2) is 36.2 Å². The number of carbonyl (C=O) groups excluding carboxylic acids is 1. The lowest BCUT2D eigenvalue weighted by molar-refractivity contribution is -0.143. The van der Waals surface area contributed by atoms with Gasteiger partial charge in [0, 0.05) is 13.2 Å². The maximum atomic E-state index is 12.2. The molecule has 0 heterocycles. The van der Waals surface area contributed by atoms with Crippen LogP contribution in [-0.2, 0) is 14.3 Å². The second-order valence-electron chi connectivity index (χ2n) is 4.97. The Labute approximate surface area is 108 Å². The first-order valence-corrected chi connectivity index (χ1v) is 6.63. The van der Waals surface area contributed by atoms with Crippen LogP contribution in [0.3, 0.4) is 0 Å². The maximum Gasteiger partial charge on any atom is 0.325 e. The summed E-state index contributed by atoms with van der Waals surface area (Å²) in [6.07, 6.45) is 4.40. The highest BCUT2D eigenvalue weighted by molar-refractivity contribution is 5.87. The minimum absolute atomic E-state index is 0.130. The highest BCUT2D eigenvalue weighted by Gasteiger charge is 2.41. The topological polar surface area (TPSA) is 75.6 Å². The molecular weight excluding hydrogens is 234 g/mol. The number of carbonyl (C=O) groups is 2. The molecule has 0 aliphatic heterocycles. The van der Waals surface area contributed by atoms with Crippen molar-refractivity contribution in [2.45, 2.75) is 52.0 Å². The molecule has 18 heavy (non-hydrogen) atoms. The molecule has 0 spiro atoms. The van der Waals surface area contributed by atoms with Crippen molar-refractivity contribution in [2.24, 2.45) is 5.41 Å². The van der Waals surface area contributed by atoms with E-state index in [1.807, 2.05) is 6.92 Å². The molecule has 0 radical (unpaired) electrons. The lowest BCUT2D eigenvalue weighted by Gasteiger charge is -2.28. The summed E-state index contributed by atoms with van der Waals surface area (Å²) in [4.78, 5) is 23.0. The molecule has 1 fully saturated rings. The smallest absolute Gasteiger partial charge is 0.325 e. The van der Waals surface area contributed by atoms with Gasteiger partial charge in [0.1, 0.15) is 6.04 Å². The molecule has 1 amide bonds. The van der Waals surface area contributed by atoms with Crippen LogP contribution in [0.2, 0.25) is 0 Å². The van der Waals surface area contributed by atoms with E-state index in [1.54, 1.807) is 0 Å². The molecule has 1 saturated carbocycles. The van der Waals surface area contributed by atoms with E-state index in [0.717, 1.165) is 25.7 Å². The Bertz CT molecular complexity index is 297. The third-order valence-electron chi connectivity index (χ3n) is 3.69. The Kier molecular flexibility index (Phi) is 5.59. The third kappa shape index (κ3) is 3.70. The molecule has 1 aliphatic rings. The van der Waals surface area contributed by atoms with Crippen LogP contribution in [0.25, 0.3) is 0 Å². The van der Waals surface area contributed by atoms with Gasteiger partial charge in [0.05, 0.1) is 5.41 Å². The van der Waals surface area contributed by atoms with Crippen molar-refractivity contribution < 1.29 is 19.4 Å². The van der Waals surface area contributed by atoms with Gasteiger partial charge in [0.15, 0.2) is 0 Å². The van der Waals surface area contributed by atoms with Crippen molar-refractivity contribution in [3.8, 4) is 0 Å². The Morgan fingerprint density at radius 2 is 2.00 bits per heavy atom. The normalized spacial score (nSPS) is 19.4. The number of rotatable bonds is 7. The van der Waals surface area contributed by atoms with Gasteiger partial charge in [-0.15, -0.1) is 0 Å². The molecule has 104 valence electrons. The van der Waals surface area contributed by atoms with Crippen LogP contribution < -0.4 is 5.32 Å². The van der Waals surface area contributed by atoms with Gasteiger partial charge in [-0.1, -0.05) is 12.8 Å². The molecule has 0 aromatic carbocycles. The number of aliphatic carboxylic acids is 1. The van der Waals surface area contributed by atoms with Gasteiger partial charge in [-0.25, -0.2) is 0 Å². The number of ether oxygens (including phenoxy) is 1. The predicted octanol–water partition coefficient (Wildman–Crippen LogP) is 1.56. The Morgan fingerprint density at radius 3 is 2.50 bits per heavy atom. The van der Waals surface area contributed by atoms with Crippen molar-refractivity contribution in [1.29, 1.82) is 0 Å². The van der Waals surface area contributed by atoms with Gasteiger partial charge in [-0.3, -0.25) is 9.59 Å². The summed E-state index contributed by atoms with van der Waals surface area (Å²) >= 11 is 0. The summed E-state index contributed by atoms with van der Waals surface area (Å²) in [5.41, 5.74) is -0.418. The molecule has 1 aliphatic carbocycles. The van der Waals surface area contributed by atoms with Gasteiger partial charge in [-0.05, 0) is 33.1 Å². The van der Waals surface area contributed by atoms with Crippen LogP contribution >= 0.6 is 0 Å². The summed E-state index contributed by atoms with van der Waals surface area (Å²) in [6.45, 7) is 4.62. The fraction of sp³-hybridized carbons (Fsp3) is 0.846. The number of nitrogens with one attached hydrogen (secondary N) is 1. The van der Waals surface area contributed by atoms with Crippen LogP contribution in [0, 0.1) is 5.41 Å². The van der Waals surface area contributed by atoms with E-state index >= 15 is 0 Å². The molecule has 2 N–H and O–H groups in total. The molecule has 1 atom stereocenters. The van der Waals surface area contributed by atoms with E-state index < -0.39 is 17.4 Å². The summed E-state index contributed by atoms with van der Waals surface area (Å²) in [5.74, 6) is -1.13. The first-order chi connectivity index (χ1) is 8.52. The first kappa shape index (κ1) is 15.0. The van der Waals surface area contributed by atoms with Crippen molar-refractivity contribution in [3.05, 3.63) is 0 Å². The fourth-order valence-corrected chi connectivity index (χ4v) is 2.47. The van der Waals surface area contributed by atoms with Crippen LogP contribution in [0.15, 0.2) is 0 Å². The molecule has 0 aromatic heterocycles. The lowest BCUT2D eigenvalue weighted by atomic mass is 9.81. The zero-order valence-electron chi connectivity index (χ0n) is 11.2. The highest BCUT2D eigenvalue weighted by atomic mass is 16.5. The second kappa shape index (κ2) is 6.73. The molecule has 5 nitrogen and oxygen atoms in total. The standard InChI is InChI=1S/C13H23NO4/c1-3-18-9-8-13(6-4-5-7-13)12(17)14-10(2)11(15)16/h10H,3-9H2,1-2H3,(H,14,17)(H,15,16)/t10-/m1/s1. The van der Waals surface area contributed by atoms with Crippen molar-refractivity contribution >= 4 is 11.9 Å². The van der Waals surface area contributed by atoms with Gasteiger partial charge in [-0.2, -0.15) is 0 Å². The number of carboxylic acid groups (broad SMARTS) is 1. The second-order valence-corrected chi connectivity index (χ2v) is 4.97. The predicted molar refractivity (Wildman–Crippen MR) is 67.3 cm³/mol. The monoisotopic (exact) mass is 257 g/mol. The van der Waals surface area contributed by atoms with E-state index in [0.29, 0.717) is 19.6 Å². The highest BCUT2D eigenvalue weighted by Crippen LogP contribution is 2.41. The minimum atomic E-state index is -0.999. The quantitative estimate of drug-likeness (QED) is 0.679. The van der Waals surface area contributed by atoms with E-state index in [1.165, 1.54) is 6.92 Å². The van der Waals surface area contributed by atoms with Crippen molar-refractivity contribution in [2.75, 3.05) is 13.2 Å². The molecule has 0 saturated heterocycles. The molecule has 1 rings (SSSR count). The summed E-state index contributed by atoms with van der Waals surface area (Å²) in [7, 11) is 0. The average molecular weight is 257 g/mol. The van der Waals surface area contributed by atoms with Crippen molar-refractivity contribution in [3.63, 3.8) is 0 Å². The van der Waals surface area contributed by atoms with Crippen LogP contribution in [0.1, 0.15) is 46.0 Å². The summed E-state index contributed by atoms with van der Waals surface area (Å²) in [6, 6.07) is -0.831. The molecule has 0 bridgehead atoms. The Hall–Kier alpha value is -1.10. The lowest BCUT2D eigenvalue weighted by Crippen LogP contribution is -2.46. The zero-order valence-corrected chi connectivity index (χ0v) is 11.2. The van der Waals surface area contributed by atoms with E-state index in [2.05, 4.69) is 5.32 Å². The van der Waals surface area contributed by atoms with E-state index in [-0.39, 0.29) is 5.91 Å². The molecule has 5 heteroatoms. The SMILES string of the molecule is CCOCCC1(C(=O)N[C@H](C)C(=O)O)CCCC1. The molecular formula is C13H23NO4. The number of hydrogen-bond acceptors (Lipinski definition) is 3. The number of carboxylic acids is 1. The average Bonchev–Trinajstić information content (AvgIpc) is 2.79. The van der Waals surface area contributed by atoms with E-state index in [4.69, 9.17) is 9.84 Å². The maximum absolute atomic E-state index is 12.2. The van der Waals surface area contributed by atoms with Gasteiger partial charge in [0.25, 0.3) is 0 Å². The Morgan fingerprint density at radius 1 is 1.39 bits per heavy atom. The van der Waals surface area contributed by atoms with Crippen LogP contribution in [0.5, 0.6) is 0 Å². The van der Waals surface area contributed by atoms with Crippen molar-refractivity contribution in [1.82, 2.24) is 5.32 Å². The largest absolute Gasteiger partial charge is 0.480 e. The van der Waals surface area contributed by atoms with Gasteiger partial charge < -0.3 is 15.2 Å². The Balaban J connectivity index is 2.60. The third-order valence-corrected chi connectivity index (χ3v) is 3.69. The molecule has 0 unspecified atom stereocenters. The minimum Gasteiger partial charge on any atom is -0.480 e. The van der Waals surface area contributed by atoms with Crippen LogP contribution in [0.4, 0.5) is 0 Å². The zero-order chi connectivity index (χ0) is 13.6. The van der Waals surface area contributed by atoms with Gasteiger partial charge in [0.2, 0.25) is 5.91 Å². The summed E-state index contributed by atoms with van der Waals surface area (Å²) in [5, 5.41) is 11.4. The number of amides is 1. The van der Waals surface area contributed by atoms with Gasteiger partial charge >= 0.3 is 5.97 Å². The first-order valence-electron chi connectivity index (χ1n) is 6.63. The number of hydrogen-bond donors (Lipinski definition) is 2. The van der Waals surface area contributed by atoms with E-state index in [9.17, 15) is 9.59 Å². The fourth-order valence-electron chi connectivity index (χ4n) is 2.47.